The lowest BCUT2D eigenvalue weighted by atomic mass is 10.2. The lowest BCUT2D eigenvalue weighted by Crippen LogP contribution is -2.19. The largest absolute Gasteiger partial charge is 0.452 e. The molecule has 3 aromatic heterocycles. The number of nitrogens with one attached hydrogen (secondary N) is 1. The van der Waals surface area contributed by atoms with E-state index in [4.69, 9.17) is 9.26 Å². The van der Waals surface area contributed by atoms with Gasteiger partial charge in [-0.05, 0) is 31.2 Å². The van der Waals surface area contributed by atoms with E-state index in [-0.39, 0.29) is 18.1 Å². The van der Waals surface area contributed by atoms with Crippen LogP contribution in [0, 0.1) is 6.92 Å². The van der Waals surface area contributed by atoms with Crippen molar-refractivity contribution in [1.29, 1.82) is 0 Å². The van der Waals surface area contributed by atoms with Crippen molar-refractivity contribution in [1.82, 2.24) is 20.1 Å². The molecule has 8 heteroatoms. The summed E-state index contributed by atoms with van der Waals surface area (Å²) in [4.78, 5) is 34.1. The van der Waals surface area contributed by atoms with E-state index in [1.165, 1.54) is 6.07 Å². The van der Waals surface area contributed by atoms with E-state index in [9.17, 15) is 9.59 Å². The van der Waals surface area contributed by atoms with Gasteiger partial charge in [-0.3, -0.25) is 9.78 Å². The van der Waals surface area contributed by atoms with Crippen molar-refractivity contribution in [3.05, 3.63) is 64.2 Å². The first-order chi connectivity index (χ1) is 11.1. The van der Waals surface area contributed by atoms with Gasteiger partial charge in [0, 0.05) is 23.7 Å². The summed E-state index contributed by atoms with van der Waals surface area (Å²) in [6.07, 6.45) is 3.22. The lowest BCUT2D eigenvalue weighted by molar-refractivity contribution is 0.0427. The maximum atomic E-state index is 11.9. The first-order valence-corrected chi connectivity index (χ1v) is 6.73. The van der Waals surface area contributed by atoms with Crippen LogP contribution in [-0.2, 0) is 11.3 Å². The van der Waals surface area contributed by atoms with E-state index in [2.05, 4.69) is 20.1 Å². The summed E-state index contributed by atoms with van der Waals surface area (Å²) in [7, 11) is 0. The number of pyridine rings is 2. The number of H-pyrrole nitrogens is 1. The SMILES string of the molecule is Cc1ccc(C(=O)OCc2nc(-c3cccnc3)no2)c(=O)[nH]1. The van der Waals surface area contributed by atoms with Crippen LogP contribution >= 0.6 is 0 Å². The minimum atomic E-state index is -0.757. The first-order valence-electron chi connectivity index (χ1n) is 6.73. The molecular weight excluding hydrogens is 300 g/mol. The summed E-state index contributed by atoms with van der Waals surface area (Å²) in [5, 5.41) is 3.78. The van der Waals surface area contributed by atoms with Crippen LogP contribution in [0.2, 0.25) is 0 Å². The fourth-order valence-corrected chi connectivity index (χ4v) is 1.86. The van der Waals surface area contributed by atoms with Crippen LogP contribution in [0.25, 0.3) is 11.4 Å². The second kappa shape index (κ2) is 6.22. The van der Waals surface area contributed by atoms with Gasteiger partial charge in [0.1, 0.15) is 5.56 Å². The molecule has 116 valence electrons. The number of aromatic amines is 1. The molecule has 1 N–H and O–H groups in total. The Morgan fingerprint density at radius 3 is 2.96 bits per heavy atom. The van der Waals surface area contributed by atoms with Crippen LogP contribution in [0.15, 0.2) is 46.0 Å². The van der Waals surface area contributed by atoms with E-state index >= 15 is 0 Å². The molecule has 23 heavy (non-hydrogen) atoms. The second-order valence-corrected chi connectivity index (χ2v) is 4.71. The highest BCUT2D eigenvalue weighted by atomic mass is 16.6. The normalized spacial score (nSPS) is 10.5. The third-order valence-electron chi connectivity index (χ3n) is 2.99. The Balaban J connectivity index is 1.68. The number of aryl methyl sites for hydroxylation is 1. The fraction of sp³-hybridized carbons (Fsp3) is 0.133. The number of aromatic nitrogens is 4. The average molecular weight is 312 g/mol. The molecule has 0 saturated heterocycles. The van der Waals surface area contributed by atoms with Gasteiger partial charge >= 0.3 is 5.97 Å². The highest BCUT2D eigenvalue weighted by Crippen LogP contribution is 2.14. The molecule has 0 aliphatic carbocycles. The Bertz CT molecular complexity index is 886. The zero-order valence-corrected chi connectivity index (χ0v) is 12.1. The predicted molar refractivity (Wildman–Crippen MR) is 78.4 cm³/mol. The molecule has 0 saturated carbocycles. The minimum absolute atomic E-state index is 0.0809. The van der Waals surface area contributed by atoms with Crippen molar-refractivity contribution in [3.63, 3.8) is 0 Å². The molecule has 0 bridgehead atoms. The van der Waals surface area contributed by atoms with Crippen molar-refractivity contribution < 1.29 is 14.1 Å². The second-order valence-electron chi connectivity index (χ2n) is 4.71. The summed E-state index contributed by atoms with van der Waals surface area (Å²) in [5.74, 6) is -0.287. The monoisotopic (exact) mass is 312 g/mol. The quantitative estimate of drug-likeness (QED) is 0.726. The molecule has 0 aliphatic rings. The van der Waals surface area contributed by atoms with Gasteiger partial charge in [-0.2, -0.15) is 4.98 Å². The molecule has 3 rings (SSSR count). The van der Waals surface area contributed by atoms with Gasteiger partial charge in [0.05, 0.1) is 0 Å². The van der Waals surface area contributed by atoms with Crippen LogP contribution in [0.4, 0.5) is 0 Å². The van der Waals surface area contributed by atoms with Gasteiger partial charge in [-0.15, -0.1) is 0 Å². The molecular formula is C15H12N4O4. The van der Waals surface area contributed by atoms with E-state index in [1.54, 1.807) is 37.5 Å². The highest BCUT2D eigenvalue weighted by Gasteiger charge is 2.15. The summed E-state index contributed by atoms with van der Waals surface area (Å²) < 4.78 is 10.0. The van der Waals surface area contributed by atoms with Crippen LogP contribution in [0.3, 0.4) is 0 Å². The zero-order chi connectivity index (χ0) is 16.2. The molecule has 0 radical (unpaired) electrons. The predicted octanol–water partition coefficient (Wildman–Crippen LogP) is 1.49. The Kier molecular flexibility index (Phi) is 3.96. The molecule has 0 spiro atoms. The molecule has 0 amide bonds. The average Bonchev–Trinajstić information content (AvgIpc) is 3.02. The fourth-order valence-electron chi connectivity index (χ4n) is 1.86. The van der Waals surface area contributed by atoms with Gasteiger partial charge in [0.15, 0.2) is 6.61 Å². The smallest absolute Gasteiger partial charge is 0.344 e. The van der Waals surface area contributed by atoms with Crippen LogP contribution < -0.4 is 5.56 Å². The van der Waals surface area contributed by atoms with Crippen molar-refractivity contribution in [2.45, 2.75) is 13.5 Å². The highest BCUT2D eigenvalue weighted by molar-refractivity contribution is 5.88. The molecule has 0 aromatic carbocycles. The van der Waals surface area contributed by atoms with E-state index in [0.29, 0.717) is 17.1 Å². The van der Waals surface area contributed by atoms with E-state index in [0.717, 1.165) is 0 Å². The summed E-state index contributed by atoms with van der Waals surface area (Å²) in [6, 6.07) is 6.55. The number of ether oxygens (including phenoxy) is 1. The van der Waals surface area contributed by atoms with Crippen molar-refractivity contribution >= 4 is 5.97 Å². The standard InChI is InChI=1S/C15H12N4O4/c1-9-4-5-11(14(20)17-9)15(21)22-8-12-18-13(19-23-12)10-3-2-6-16-7-10/h2-7H,8H2,1H3,(H,17,20). The number of carbonyl (C=O) groups is 1. The number of nitrogens with zero attached hydrogens (tertiary/aromatic N) is 3. The van der Waals surface area contributed by atoms with Crippen LogP contribution in [0.5, 0.6) is 0 Å². The molecule has 0 aliphatic heterocycles. The van der Waals surface area contributed by atoms with Gasteiger partial charge in [0.25, 0.3) is 11.4 Å². The summed E-state index contributed by atoms with van der Waals surface area (Å²) in [6.45, 7) is 1.49. The minimum Gasteiger partial charge on any atom is -0.452 e. The number of carbonyl (C=O) groups excluding carboxylic acids is 1. The Morgan fingerprint density at radius 1 is 1.35 bits per heavy atom. The third-order valence-corrected chi connectivity index (χ3v) is 2.99. The number of rotatable bonds is 4. The van der Waals surface area contributed by atoms with Crippen LogP contribution in [0.1, 0.15) is 21.9 Å². The number of hydrogen-bond donors (Lipinski definition) is 1. The third kappa shape index (κ3) is 3.31. The van der Waals surface area contributed by atoms with Crippen molar-refractivity contribution in [2.75, 3.05) is 0 Å². The van der Waals surface area contributed by atoms with E-state index in [1.807, 2.05) is 0 Å². The molecule has 0 unspecified atom stereocenters. The topological polar surface area (TPSA) is 111 Å². The van der Waals surface area contributed by atoms with Gasteiger partial charge in [-0.25, -0.2) is 4.79 Å². The Morgan fingerprint density at radius 2 is 2.22 bits per heavy atom. The molecule has 8 nitrogen and oxygen atoms in total. The van der Waals surface area contributed by atoms with E-state index < -0.39 is 11.5 Å². The van der Waals surface area contributed by atoms with Gasteiger partial charge in [0.2, 0.25) is 5.82 Å². The number of esters is 1. The first kappa shape index (κ1) is 14.6. The molecule has 0 atom stereocenters. The maximum Gasteiger partial charge on any atom is 0.344 e. The van der Waals surface area contributed by atoms with Crippen molar-refractivity contribution in [3.8, 4) is 11.4 Å². The molecule has 3 aromatic rings. The zero-order valence-electron chi connectivity index (χ0n) is 12.1. The van der Waals surface area contributed by atoms with Gasteiger partial charge in [-0.1, -0.05) is 5.16 Å². The molecule has 3 heterocycles. The van der Waals surface area contributed by atoms with Crippen LogP contribution in [-0.4, -0.2) is 26.1 Å². The molecule has 0 fully saturated rings. The number of hydrogen-bond acceptors (Lipinski definition) is 7. The maximum absolute atomic E-state index is 11.9. The summed E-state index contributed by atoms with van der Waals surface area (Å²) in [5.41, 5.74) is 0.757. The Hall–Kier alpha value is -3.29. The Labute approximate surface area is 130 Å². The van der Waals surface area contributed by atoms with Crippen molar-refractivity contribution in [2.24, 2.45) is 0 Å². The lowest BCUT2D eigenvalue weighted by Gasteiger charge is -2.01. The van der Waals surface area contributed by atoms with Gasteiger partial charge < -0.3 is 14.2 Å². The summed E-state index contributed by atoms with van der Waals surface area (Å²) >= 11 is 0.